The molecule has 4 N–H and O–H groups in total. The number of fused-ring (bicyclic) bond motifs is 14. The van der Waals surface area contributed by atoms with Crippen LogP contribution in [0.3, 0.4) is 0 Å². The number of amides is 4. The van der Waals surface area contributed by atoms with Crippen LogP contribution >= 0.6 is 0 Å². The second-order valence-electron chi connectivity index (χ2n) is 46.4. The molecule has 25 rings (SSSR count). The fourth-order valence-corrected chi connectivity index (χ4v) is 24.2. The van der Waals surface area contributed by atoms with Crippen molar-refractivity contribution < 1.29 is 38.1 Å². The van der Waals surface area contributed by atoms with Crippen molar-refractivity contribution in [3.8, 4) is 90.5 Å². The molecule has 710 valence electrons. The second kappa shape index (κ2) is 31.4. The second-order valence-corrected chi connectivity index (χ2v) is 46.4. The molecular weight excluding hydrogens is 1770 g/mol. The van der Waals surface area contributed by atoms with Gasteiger partial charge in [0.1, 0.15) is 46.0 Å². The van der Waals surface area contributed by atoms with Gasteiger partial charge in [0.25, 0.3) is 23.6 Å². The van der Waals surface area contributed by atoms with Crippen LogP contribution in [0.15, 0.2) is 243 Å². The van der Waals surface area contributed by atoms with E-state index in [1.165, 1.54) is 32.1 Å². The number of carbonyl (C=O) groups excluding carboxylic acids is 4. The Balaban J connectivity index is 0.625. The van der Waals surface area contributed by atoms with Gasteiger partial charge in [-0.05, 0) is 368 Å². The van der Waals surface area contributed by atoms with Gasteiger partial charge in [0.05, 0.1) is 33.6 Å². The number of benzene rings is 20. The normalized spacial score (nSPS) is 14.3. The summed E-state index contributed by atoms with van der Waals surface area (Å²) >= 11 is 0. The summed E-state index contributed by atoms with van der Waals surface area (Å²) in [6, 6.07) is 85.6. The maximum Gasteiger partial charge on any atom is 0.266 e. The summed E-state index contributed by atoms with van der Waals surface area (Å²) in [4.78, 5) is 68.1. The monoisotopic (exact) mass is 1880 g/mol. The number of nitrogens with two attached hydrogens (primary N) is 2. The maximum absolute atomic E-state index is 16.3. The average molecular weight is 1880 g/mol. The maximum atomic E-state index is 16.3. The topological polar surface area (TPSA) is 164 Å². The van der Waals surface area contributed by atoms with Crippen LogP contribution in [-0.4, -0.2) is 23.6 Å². The van der Waals surface area contributed by atoms with Gasteiger partial charge in [-0.25, -0.2) is 9.80 Å². The molecule has 2 heterocycles. The van der Waals surface area contributed by atoms with Crippen molar-refractivity contribution >= 4 is 166 Å². The Hall–Kier alpha value is -15.7. The van der Waals surface area contributed by atoms with Crippen LogP contribution in [0.1, 0.15) is 270 Å². The molecule has 5 aliphatic rings. The third kappa shape index (κ3) is 13.6. The number of rotatable bonds is 14. The zero-order valence-corrected chi connectivity index (χ0v) is 85.3. The molecule has 0 saturated carbocycles. The number of nitrogen functional groups attached to an aromatic ring is 2. The van der Waals surface area contributed by atoms with Gasteiger partial charge in [0.15, 0.2) is 0 Å². The van der Waals surface area contributed by atoms with E-state index in [1.54, 1.807) is 0 Å². The summed E-state index contributed by atoms with van der Waals surface area (Å²) in [5, 5.41) is 18.2. The molecule has 3 aliphatic carbocycles. The zero-order chi connectivity index (χ0) is 100. The molecule has 0 aromatic heterocycles. The van der Waals surface area contributed by atoms with Crippen molar-refractivity contribution in [2.24, 2.45) is 0 Å². The Bertz CT molecular complexity index is 8320. The number of nitrogens with zero attached hydrogens (tertiary/aromatic N) is 2. The number of hydrogen-bond acceptors (Lipinski definition) is 10. The van der Waals surface area contributed by atoms with Crippen molar-refractivity contribution in [3.63, 3.8) is 0 Å². The van der Waals surface area contributed by atoms with Gasteiger partial charge in [-0.1, -0.05) is 260 Å². The minimum absolute atomic E-state index is 0.0939. The van der Waals surface area contributed by atoms with Crippen LogP contribution in [0.2, 0.25) is 0 Å². The predicted octanol–water partition coefficient (Wildman–Crippen LogP) is 35.3. The highest BCUT2D eigenvalue weighted by molar-refractivity contribution is 6.48. The SMILES string of the molecule is CC(C)c1cc(N)cc(C(C)C)c1N1C(=O)c2cc(Oc3ccc(C(C)(C)C)cc3)c3c4ccc5c6c(ccc(c7c(Oc8ccc(C(C)(C)C)cc8)cc(c2c37)C1=O)c64)-c1cc2cc3c(cc2cc1-5)/C=C\c1cc2cc4c(cc2cc1CC3)-c1ccc2c3c(Oc5ccc(C(C)(C)C)cc5)cc5c6c(cc(Oc7ccc(C(C)(C)C)cc7)c(c7ccc-4c1c72)c63)C(=O)N(c1c(C(C)C)cc(N)cc1C(C)C)C5=O. The molecule has 0 spiro atoms. The molecular formula is C132H114N4O8. The van der Waals surface area contributed by atoms with Crippen molar-refractivity contribution in [1.29, 1.82) is 0 Å². The van der Waals surface area contributed by atoms with Crippen LogP contribution in [0.25, 0.3) is 164 Å². The van der Waals surface area contributed by atoms with Gasteiger partial charge in [-0.2, -0.15) is 0 Å². The van der Waals surface area contributed by atoms with E-state index in [1.807, 2.05) is 97.1 Å². The van der Waals surface area contributed by atoms with E-state index in [2.05, 4.69) is 296 Å². The van der Waals surface area contributed by atoms with Gasteiger partial charge in [-0.3, -0.25) is 19.2 Å². The van der Waals surface area contributed by atoms with Crippen LogP contribution in [0, 0.1) is 0 Å². The van der Waals surface area contributed by atoms with Gasteiger partial charge in [0.2, 0.25) is 0 Å². The molecule has 0 bridgehead atoms. The van der Waals surface area contributed by atoms with Crippen molar-refractivity contribution in [1.82, 2.24) is 0 Å². The van der Waals surface area contributed by atoms with Crippen LogP contribution in [0.5, 0.6) is 46.0 Å². The molecule has 12 heteroatoms. The highest BCUT2D eigenvalue weighted by Gasteiger charge is 2.45. The lowest BCUT2D eigenvalue weighted by Gasteiger charge is -2.34. The standard InChI is InChI=1S/C132H114N4O8/c1-65(2)95-57-81(133)58-96(66(3)4)123(95)135-125(137)103-61-107(141-83-33-25-77(26-34-83)129(9,10)11)117-91-45-41-87-99-53-73-49-69-21-23-71-51-75-55-101-89-43-47-93-114-94(48-44-90(112(89)114)102(101)56-76(75)52-72(71)24-22-70(69)50-74(73)54-100(99)88-42-46-92(113(91)111(87)88)118-108(62-104(126(135)138)115(103)121(117)118)142-84-35-27-78(28-36-84)130(12,13)14)120-110(144-86-39-31-80(32-40-86)132(18,19)20)64-106-116-105(63-109(119(93)122(116)120)143-85-37-29-79(30-38-85)131(15,16)17)127(139)136(128(106)140)124-97(67(5)6)59-82(134)60-98(124)68(7)8/h21,23,25-68H,22,24,133-134H2,1-20H3/b23-21-. The third-order valence-corrected chi connectivity index (χ3v) is 31.6. The fourth-order valence-electron chi connectivity index (χ4n) is 24.2. The molecule has 0 atom stereocenters. The molecule has 4 amide bonds. The van der Waals surface area contributed by atoms with Gasteiger partial charge in [0, 0.05) is 54.5 Å². The van der Waals surface area contributed by atoms with E-state index >= 15 is 19.2 Å². The molecule has 144 heavy (non-hydrogen) atoms. The Morgan fingerprint density at radius 1 is 0.243 bits per heavy atom. The van der Waals surface area contributed by atoms with Crippen molar-refractivity contribution in [2.75, 3.05) is 21.3 Å². The Kier molecular flexibility index (Phi) is 19.6. The molecule has 20 aromatic carbocycles. The molecule has 0 saturated heterocycles. The number of ether oxygens (including phenoxy) is 4. The number of hydrogen-bond donors (Lipinski definition) is 2. The predicted molar refractivity (Wildman–Crippen MR) is 597 cm³/mol. The Morgan fingerprint density at radius 2 is 0.472 bits per heavy atom. The van der Waals surface area contributed by atoms with E-state index < -0.39 is 23.6 Å². The molecule has 0 radical (unpaired) electrons. The quantitative estimate of drug-likeness (QED) is 0.0463. The number of imide groups is 2. The average Bonchev–Trinajstić information content (AvgIpc) is 1.55. The van der Waals surface area contributed by atoms with E-state index in [9.17, 15) is 0 Å². The highest BCUT2D eigenvalue weighted by atomic mass is 16.5. The lowest BCUT2D eigenvalue weighted by Crippen LogP contribution is -2.42. The number of carbonyl (C=O) groups is 4. The first-order valence-electron chi connectivity index (χ1n) is 50.9. The first-order chi connectivity index (χ1) is 68.7. The van der Waals surface area contributed by atoms with E-state index in [4.69, 9.17) is 30.4 Å². The van der Waals surface area contributed by atoms with Gasteiger partial charge < -0.3 is 30.4 Å². The minimum atomic E-state index is -0.440. The largest absolute Gasteiger partial charge is 0.457 e. The summed E-state index contributed by atoms with van der Waals surface area (Å²) in [7, 11) is 0. The van der Waals surface area contributed by atoms with Crippen molar-refractivity contribution in [3.05, 3.63) is 332 Å². The van der Waals surface area contributed by atoms with E-state index in [-0.39, 0.29) is 45.3 Å². The van der Waals surface area contributed by atoms with Crippen molar-refractivity contribution in [2.45, 2.75) is 197 Å². The van der Waals surface area contributed by atoms with Gasteiger partial charge >= 0.3 is 0 Å². The summed E-state index contributed by atoms with van der Waals surface area (Å²) < 4.78 is 29.5. The first-order valence-corrected chi connectivity index (χ1v) is 50.9. The molecule has 12 nitrogen and oxygen atoms in total. The van der Waals surface area contributed by atoms with Gasteiger partial charge in [-0.15, -0.1) is 0 Å². The molecule has 2 aliphatic heterocycles. The molecule has 20 aromatic rings. The van der Waals surface area contributed by atoms with Crippen LogP contribution in [0.4, 0.5) is 22.7 Å². The van der Waals surface area contributed by atoms with E-state index in [0.29, 0.717) is 113 Å². The van der Waals surface area contributed by atoms with E-state index in [0.717, 1.165) is 188 Å². The summed E-state index contributed by atoms with van der Waals surface area (Å²) in [6.07, 6.45) is 6.27. The third-order valence-electron chi connectivity index (χ3n) is 31.6. The number of aryl methyl sites for hydroxylation is 2. The summed E-state index contributed by atoms with van der Waals surface area (Å²) in [5.74, 6) is 2.24. The van der Waals surface area contributed by atoms with Crippen LogP contribution < -0.4 is 40.2 Å². The number of anilines is 4. The smallest absolute Gasteiger partial charge is 0.266 e. The lowest BCUT2D eigenvalue weighted by molar-refractivity contribution is 0.0877. The fraction of sp³-hybridized carbons (Fsp3) is 0.227. The first kappa shape index (κ1) is 89.7. The Morgan fingerprint density at radius 3 is 0.701 bits per heavy atom. The summed E-state index contributed by atoms with van der Waals surface area (Å²) in [5.41, 5.74) is 38.4. The highest BCUT2D eigenvalue weighted by Crippen LogP contribution is 2.62. The lowest BCUT2D eigenvalue weighted by atomic mass is 9.82. The Labute approximate surface area is 838 Å². The minimum Gasteiger partial charge on any atom is -0.457 e. The molecule has 0 fully saturated rings. The molecule has 0 unspecified atom stereocenters. The van der Waals surface area contributed by atoms with Crippen LogP contribution in [-0.2, 0) is 34.5 Å². The summed E-state index contributed by atoms with van der Waals surface area (Å²) in [6.45, 7) is 43.0. The zero-order valence-electron chi connectivity index (χ0n) is 85.3.